The first-order valence-corrected chi connectivity index (χ1v) is 5.50. The number of halogens is 2. The van der Waals surface area contributed by atoms with Crippen molar-refractivity contribution in [2.75, 3.05) is 0 Å². The summed E-state index contributed by atoms with van der Waals surface area (Å²) in [4.78, 5) is 0. The van der Waals surface area contributed by atoms with Crippen LogP contribution in [0.1, 0.15) is 0 Å². The van der Waals surface area contributed by atoms with Crippen molar-refractivity contribution in [3.8, 4) is 0 Å². The maximum atomic E-state index is 11.9. The zero-order chi connectivity index (χ0) is 8.27. The van der Waals surface area contributed by atoms with Crippen LogP contribution in [0.2, 0.25) is 0 Å². The molecule has 4 heteroatoms. The van der Waals surface area contributed by atoms with Crippen LogP contribution in [0.15, 0.2) is 30.3 Å². The number of benzene rings is 1. The van der Waals surface area contributed by atoms with Crippen molar-refractivity contribution in [1.29, 1.82) is 0 Å². The molecule has 0 aliphatic rings. The van der Waals surface area contributed by atoms with Crippen molar-refractivity contribution >= 4 is 18.3 Å². The van der Waals surface area contributed by atoms with E-state index in [0.29, 0.717) is 0 Å². The van der Waals surface area contributed by atoms with E-state index in [1.54, 1.807) is 18.2 Å². The molecule has 60 valence electrons. The molecule has 0 fully saturated rings. The molecular weight excluding hydrogens is 217 g/mol. The molecular formula is C7H6F2OSe. The Hall–Kier alpha value is -0.601. The molecule has 1 aromatic carbocycles. The Morgan fingerprint density at radius 2 is 1.73 bits per heavy atom. The third-order valence-electron chi connectivity index (χ3n) is 1.14. The van der Waals surface area contributed by atoms with Gasteiger partial charge in [0.15, 0.2) is 0 Å². The summed E-state index contributed by atoms with van der Waals surface area (Å²) in [6.45, 7) is 0. The number of hydrogen-bond acceptors (Lipinski definition) is 1. The van der Waals surface area contributed by atoms with E-state index in [0.717, 1.165) is 0 Å². The molecule has 1 atom stereocenters. The van der Waals surface area contributed by atoms with Gasteiger partial charge in [-0.05, 0) is 0 Å². The first kappa shape index (κ1) is 8.50. The van der Waals surface area contributed by atoms with Crippen LogP contribution in [0.25, 0.3) is 0 Å². The molecule has 0 N–H and O–H groups in total. The third-order valence-corrected chi connectivity index (χ3v) is 3.36. The SMILES string of the molecule is O=[Se](c1ccccc1)C(F)F. The van der Waals surface area contributed by atoms with E-state index >= 15 is 0 Å². The Morgan fingerprint density at radius 1 is 1.18 bits per heavy atom. The summed E-state index contributed by atoms with van der Waals surface area (Å²) in [6, 6.07) is 7.83. The summed E-state index contributed by atoms with van der Waals surface area (Å²) >= 11 is -3.09. The van der Waals surface area contributed by atoms with Crippen molar-refractivity contribution in [3.05, 3.63) is 30.3 Å². The molecule has 0 spiro atoms. The predicted octanol–water partition coefficient (Wildman–Crippen LogP) is 1.12. The average molecular weight is 223 g/mol. The first-order chi connectivity index (χ1) is 5.22. The van der Waals surface area contributed by atoms with Crippen molar-refractivity contribution in [2.24, 2.45) is 0 Å². The minimum atomic E-state index is -3.09. The van der Waals surface area contributed by atoms with E-state index in [2.05, 4.69) is 0 Å². The zero-order valence-electron chi connectivity index (χ0n) is 5.54. The molecule has 0 saturated heterocycles. The van der Waals surface area contributed by atoms with Gasteiger partial charge in [-0.2, -0.15) is 0 Å². The van der Waals surface area contributed by atoms with Crippen molar-refractivity contribution in [3.63, 3.8) is 0 Å². The minimum absolute atomic E-state index is 0.266. The summed E-state index contributed by atoms with van der Waals surface area (Å²) in [5.41, 5.74) is 0. The van der Waals surface area contributed by atoms with Gasteiger partial charge in [0.25, 0.3) is 0 Å². The summed E-state index contributed by atoms with van der Waals surface area (Å²) in [5, 5.41) is -2.70. The van der Waals surface area contributed by atoms with E-state index in [1.165, 1.54) is 12.1 Å². The molecule has 1 unspecified atom stereocenters. The molecule has 1 rings (SSSR count). The monoisotopic (exact) mass is 224 g/mol. The fourth-order valence-electron chi connectivity index (χ4n) is 0.657. The molecule has 1 nitrogen and oxygen atoms in total. The topological polar surface area (TPSA) is 17.1 Å². The van der Waals surface area contributed by atoms with Crippen molar-refractivity contribution < 1.29 is 12.6 Å². The summed E-state index contributed by atoms with van der Waals surface area (Å²) in [6.07, 6.45) is 0. The van der Waals surface area contributed by atoms with Crippen LogP contribution < -0.4 is 4.46 Å². The number of hydrogen-bond donors (Lipinski definition) is 0. The molecule has 0 radical (unpaired) electrons. The molecule has 0 aliphatic heterocycles. The van der Waals surface area contributed by atoms with Crippen LogP contribution in [0.4, 0.5) is 8.78 Å². The molecule has 0 bridgehead atoms. The molecule has 0 amide bonds. The molecule has 0 aromatic heterocycles. The average Bonchev–Trinajstić information content (AvgIpc) is 2.05. The Labute approximate surface area is 67.1 Å². The van der Waals surface area contributed by atoms with E-state index in [1.807, 2.05) is 0 Å². The quantitative estimate of drug-likeness (QED) is 0.686. The van der Waals surface area contributed by atoms with Gasteiger partial charge in [0.05, 0.1) is 0 Å². The normalized spacial score (nSPS) is 13.4. The summed E-state index contributed by atoms with van der Waals surface area (Å²) in [7, 11) is 0. The van der Waals surface area contributed by atoms with Gasteiger partial charge in [0.1, 0.15) is 0 Å². The van der Waals surface area contributed by atoms with Gasteiger partial charge in [-0.25, -0.2) is 0 Å². The molecule has 1 aromatic rings. The number of alkyl halides is 2. The third kappa shape index (κ3) is 2.17. The summed E-state index contributed by atoms with van der Waals surface area (Å²) < 4.78 is 34.8. The van der Waals surface area contributed by atoms with E-state index in [9.17, 15) is 12.6 Å². The second-order valence-electron chi connectivity index (χ2n) is 1.87. The second-order valence-corrected chi connectivity index (χ2v) is 4.86. The standard InChI is InChI=1S/C7H6F2OSe/c8-7(9)11(10)6-4-2-1-3-5-6/h1-5,7H. The van der Waals surface area contributed by atoms with Crippen LogP contribution in [0.5, 0.6) is 0 Å². The van der Waals surface area contributed by atoms with Crippen LogP contribution in [0, 0.1) is 0 Å². The van der Waals surface area contributed by atoms with Crippen LogP contribution in [-0.2, 0) is 3.83 Å². The molecule has 0 saturated carbocycles. The second kappa shape index (κ2) is 3.69. The van der Waals surface area contributed by atoms with Gasteiger partial charge in [0.2, 0.25) is 0 Å². The molecule has 0 heterocycles. The fourth-order valence-corrected chi connectivity index (χ4v) is 1.98. The Morgan fingerprint density at radius 3 is 2.18 bits per heavy atom. The predicted molar refractivity (Wildman–Crippen MR) is 38.5 cm³/mol. The Kier molecular flexibility index (Phi) is 2.85. The van der Waals surface area contributed by atoms with Gasteiger partial charge in [-0.3, -0.25) is 0 Å². The fraction of sp³-hybridized carbons (Fsp3) is 0.143. The van der Waals surface area contributed by atoms with Crippen LogP contribution in [0.3, 0.4) is 0 Å². The van der Waals surface area contributed by atoms with E-state index in [-0.39, 0.29) is 4.46 Å². The van der Waals surface area contributed by atoms with Gasteiger partial charge in [-0.1, -0.05) is 0 Å². The van der Waals surface area contributed by atoms with Gasteiger partial charge in [-0.15, -0.1) is 0 Å². The van der Waals surface area contributed by atoms with Crippen LogP contribution >= 0.6 is 0 Å². The maximum absolute atomic E-state index is 11.9. The van der Waals surface area contributed by atoms with Gasteiger partial charge in [0, 0.05) is 0 Å². The molecule has 0 aliphatic carbocycles. The molecule has 11 heavy (non-hydrogen) atoms. The number of rotatable bonds is 2. The Balaban J connectivity index is 2.86. The van der Waals surface area contributed by atoms with Crippen molar-refractivity contribution in [1.82, 2.24) is 0 Å². The van der Waals surface area contributed by atoms with Gasteiger partial charge >= 0.3 is 66.6 Å². The van der Waals surface area contributed by atoms with E-state index < -0.39 is 19.2 Å². The van der Waals surface area contributed by atoms with Gasteiger partial charge < -0.3 is 0 Å². The van der Waals surface area contributed by atoms with E-state index in [4.69, 9.17) is 0 Å². The zero-order valence-corrected chi connectivity index (χ0v) is 7.25. The van der Waals surface area contributed by atoms with Crippen LogP contribution in [-0.4, -0.2) is 19.2 Å². The van der Waals surface area contributed by atoms with Crippen molar-refractivity contribution in [2.45, 2.75) is 5.32 Å². The summed E-state index contributed by atoms with van der Waals surface area (Å²) in [5.74, 6) is 0. The first-order valence-electron chi connectivity index (χ1n) is 2.95. The Bertz CT molecular complexity index is 248.